The van der Waals surface area contributed by atoms with Crippen molar-refractivity contribution < 1.29 is 18.7 Å². The molecular weight excluding hydrogens is 417 g/mol. The molecule has 1 heterocycles. The predicted octanol–water partition coefficient (Wildman–Crippen LogP) is 4.94. The second-order valence-corrected chi connectivity index (χ2v) is 6.88. The minimum atomic E-state index is -0.614. The van der Waals surface area contributed by atoms with Crippen molar-refractivity contribution in [2.45, 2.75) is 13.5 Å². The lowest BCUT2D eigenvalue weighted by Gasteiger charge is -2.08. The molecule has 0 unspecified atom stereocenters. The molecule has 0 radical (unpaired) electrons. The third-order valence-electron chi connectivity index (χ3n) is 3.71. The summed E-state index contributed by atoms with van der Waals surface area (Å²) in [5.74, 6) is 0.194. The molecule has 3 rings (SSSR count). The first-order chi connectivity index (χ1) is 13.9. The van der Waals surface area contributed by atoms with Crippen LogP contribution in [-0.2, 0) is 6.61 Å². The molecular formula is C20H17Cl2N3O4. The van der Waals surface area contributed by atoms with E-state index in [2.05, 4.69) is 16.2 Å². The smallest absolute Gasteiger partial charge is 0.337 e. The highest BCUT2D eigenvalue weighted by atomic mass is 35.5. The number of furan rings is 1. The van der Waals surface area contributed by atoms with Crippen molar-refractivity contribution in [3.8, 4) is 5.75 Å². The Morgan fingerprint density at radius 2 is 1.86 bits per heavy atom. The van der Waals surface area contributed by atoms with Crippen LogP contribution in [0, 0.1) is 6.92 Å². The van der Waals surface area contributed by atoms with Crippen LogP contribution >= 0.6 is 23.2 Å². The highest BCUT2D eigenvalue weighted by molar-refractivity contribution is 6.34. The number of urea groups is 1. The van der Waals surface area contributed by atoms with Crippen molar-refractivity contribution in [3.05, 3.63) is 81.7 Å². The second-order valence-electron chi connectivity index (χ2n) is 6.03. The molecule has 0 aliphatic rings. The lowest BCUT2D eigenvalue weighted by Crippen LogP contribution is -2.43. The number of hydrogen-bond donors (Lipinski definition) is 3. The number of benzene rings is 2. The van der Waals surface area contributed by atoms with Gasteiger partial charge in [-0.25, -0.2) is 10.2 Å². The third kappa shape index (κ3) is 5.91. The number of amides is 3. The molecule has 0 atom stereocenters. The van der Waals surface area contributed by atoms with Crippen LogP contribution in [0.4, 0.5) is 10.5 Å². The predicted molar refractivity (Wildman–Crippen MR) is 110 cm³/mol. The van der Waals surface area contributed by atoms with Crippen LogP contribution in [0.15, 0.2) is 59.0 Å². The second kappa shape index (κ2) is 9.36. The van der Waals surface area contributed by atoms with Gasteiger partial charge in [0.2, 0.25) is 0 Å². The fraction of sp³-hybridized carbons (Fsp3) is 0.100. The fourth-order valence-corrected chi connectivity index (χ4v) is 2.71. The van der Waals surface area contributed by atoms with Gasteiger partial charge in [0, 0.05) is 16.8 Å². The maximum atomic E-state index is 12.1. The molecule has 3 aromatic rings. The highest BCUT2D eigenvalue weighted by Gasteiger charge is 2.13. The van der Waals surface area contributed by atoms with Gasteiger partial charge in [0.1, 0.15) is 18.1 Å². The van der Waals surface area contributed by atoms with Gasteiger partial charge < -0.3 is 14.5 Å². The summed E-state index contributed by atoms with van der Waals surface area (Å²) < 4.78 is 11.0. The van der Waals surface area contributed by atoms with Gasteiger partial charge in [-0.2, -0.15) is 0 Å². The number of hydrogen-bond acceptors (Lipinski definition) is 4. The highest BCUT2D eigenvalue weighted by Crippen LogP contribution is 2.28. The molecule has 0 bridgehead atoms. The zero-order valence-corrected chi connectivity index (χ0v) is 16.8. The summed E-state index contributed by atoms with van der Waals surface area (Å²) in [5, 5.41) is 3.49. The summed E-state index contributed by atoms with van der Waals surface area (Å²) in [6.07, 6.45) is 0. The molecule has 0 aliphatic carbocycles. The molecule has 0 aliphatic heterocycles. The maximum absolute atomic E-state index is 12.1. The number of halogens is 2. The van der Waals surface area contributed by atoms with Crippen LogP contribution in [0.5, 0.6) is 5.75 Å². The van der Waals surface area contributed by atoms with Gasteiger partial charge in [-0.05, 0) is 48.9 Å². The van der Waals surface area contributed by atoms with Crippen LogP contribution < -0.4 is 20.9 Å². The van der Waals surface area contributed by atoms with E-state index < -0.39 is 11.9 Å². The van der Waals surface area contributed by atoms with Crippen LogP contribution in [0.2, 0.25) is 10.0 Å². The van der Waals surface area contributed by atoms with Crippen molar-refractivity contribution in [3.63, 3.8) is 0 Å². The van der Waals surface area contributed by atoms with E-state index in [0.717, 1.165) is 5.56 Å². The van der Waals surface area contributed by atoms with E-state index in [1.54, 1.807) is 36.4 Å². The fourth-order valence-electron chi connectivity index (χ4n) is 2.37. The van der Waals surface area contributed by atoms with Crippen LogP contribution in [0.25, 0.3) is 0 Å². The minimum Gasteiger partial charge on any atom is -0.484 e. The SMILES string of the molecule is Cc1cccc(NC(=O)NNC(=O)c2ccc(COc3cc(Cl)ccc3Cl)o2)c1. The number of rotatable bonds is 5. The Balaban J connectivity index is 1.50. The van der Waals surface area contributed by atoms with Gasteiger partial charge in [-0.3, -0.25) is 10.2 Å². The zero-order chi connectivity index (χ0) is 20.8. The zero-order valence-electron chi connectivity index (χ0n) is 15.3. The summed E-state index contributed by atoms with van der Waals surface area (Å²) in [5.41, 5.74) is 6.12. The standard InChI is InChI=1S/C20H17Cl2N3O4/c1-12-3-2-4-14(9-12)23-20(27)25-24-19(26)17-8-6-15(29-17)11-28-18-10-13(21)5-7-16(18)22/h2-10H,11H2,1H3,(H,24,26)(H2,23,25,27). The molecule has 9 heteroatoms. The molecule has 0 fully saturated rings. The van der Waals surface area contributed by atoms with Gasteiger partial charge in [0.15, 0.2) is 5.76 Å². The van der Waals surface area contributed by atoms with Crippen molar-refractivity contribution >= 4 is 40.8 Å². The molecule has 7 nitrogen and oxygen atoms in total. The Bertz CT molecular complexity index is 1040. The summed E-state index contributed by atoms with van der Waals surface area (Å²) in [6, 6.07) is 14.6. The average molecular weight is 434 g/mol. The summed E-state index contributed by atoms with van der Waals surface area (Å²) in [7, 11) is 0. The Morgan fingerprint density at radius 1 is 1.03 bits per heavy atom. The first-order valence-electron chi connectivity index (χ1n) is 8.51. The van der Waals surface area contributed by atoms with Crippen LogP contribution in [0.1, 0.15) is 21.9 Å². The summed E-state index contributed by atoms with van der Waals surface area (Å²) in [6.45, 7) is 1.96. The van der Waals surface area contributed by atoms with Gasteiger partial charge >= 0.3 is 11.9 Å². The third-order valence-corrected chi connectivity index (χ3v) is 4.26. The molecule has 29 heavy (non-hydrogen) atoms. The molecule has 0 saturated heterocycles. The normalized spacial score (nSPS) is 10.3. The average Bonchev–Trinajstić information content (AvgIpc) is 3.16. The van der Waals surface area contributed by atoms with E-state index in [4.69, 9.17) is 32.4 Å². The van der Waals surface area contributed by atoms with Crippen molar-refractivity contribution in [2.24, 2.45) is 0 Å². The van der Waals surface area contributed by atoms with Crippen LogP contribution in [-0.4, -0.2) is 11.9 Å². The minimum absolute atomic E-state index is 0.0108. The summed E-state index contributed by atoms with van der Waals surface area (Å²) >= 11 is 11.9. The van der Waals surface area contributed by atoms with E-state index in [1.807, 2.05) is 19.1 Å². The molecule has 0 spiro atoms. The number of anilines is 1. The lowest BCUT2D eigenvalue weighted by molar-refractivity contribution is 0.0906. The number of hydrazine groups is 1. The van der Waals surface area contributed by atoms with Crippen LogP contribution in [0.3, 0.4) is 0 Å². The Labute approximate surface area is 176 Å². The number of carbonyl (C=O) groups excluding carboxylic acids is 2. The Kier molecular flexibility index (Phi) is 6.64. The van der Waals surface area contributed by atoms with Crippen molar-refractivity contribution in [1.29, 1.82) is 0 Å². The van der Waals surface area contributed by atoms with E-state index >= 15 is 0 Å². The van der Waals surface area contributed by atoms with Gasteiger partial charge in [0.05, 0.1) is 5.02 Å². The Hall–Kier alpha value is -3.16. The van der Waals surface area contributed by atoms with E-state index in [-0.39, 0.29) is 12.4 Å². The summed E-state index contributed by atoms with van der Waals surface area (Å²) in [4.78, 5) is 24.0. The van der Waals surface area contributed by atoms with Crippen molar-refractivity contribution in [2.75, 3.05) is 5.32 Å². The number of nitrogens with one attached hydrogen (secondary N) is 3. The molecule has 0 saturated carbocycles. The lowest BCUT2D eigenvalue weighted by atomic mass is 10.2. The molecule has 3 amide bonds. The number of aryl methyl sites for hydroxylation is 1. The maximum Gasteiger partial charge on any atom is 0.337 e. The van der Waals surface area contributed by atoms with E-state index in [1.165, 1.54) is 6.07 Å². The number of ether oxygens (including phenoxy) is 1. The van der Waals surface area contributed by atoms with E-state index in [0.29, 0.717) is 27.2 Å². The molecule has 2 aromatic carbocycles. The monoisotopic (exact) mass is 433 g/mol. The molecule has 1 aromatic heterocycles. The quantitative estimate of drug-likeness (QED) is 0.496. The van der Waals surface area contributed by atoms with Gasteiger partial charge in [0.25, 0.3) is 0 Å². The largest absolute Gasteiger partial charge is 0.484 e. The van der Waals surface area contributed by atoms with E-state index in [9.17, 15) is 9.59 Å². The first kappa shape index (κ1) is 20.6. The number of carbonyl (C=O) groups is 2. The van der Waals surface area contributed by atoms with Gasteiger partial charge in [-0.1, -0.05) is 35.3 Å². The molecule has 3 N–H and O–H groups in total. The first-order valence-corrected chi connectivity index (χ1v) is 9.27. The van der Waals surface area contributed by atoms with Crippen molar-refractivity contribution in [1.82, 2.24) is 10.9 Å². The topological polar surface area (TPSA) is 92.6 Å². The van der Waals surface area contributed by atoms with Gasteiger partial charge in [-0.15, -0.1) is 0 Å². The Morgan fingerprint density at radius 3 is 2.66 bits per heavy atom. The molecule has 150 valence electrons.